The Hall–Kier alpha value is -0.940. The van der Waals surface area contributed by atoms with E-state index in [1.807, 2.05) is 0 Å². The van der Waals surface area contributed by atoms with E-state index in [4.69, 9.17) is 4.74 Å². The maximum Gasteiger partial charge on any atom is 0.0622 e. The number of rotatable bonds is 4. The lowest BCUT2D eigenvalue weighted by Crippen LogP contribution is -2.68. The Morgan fingerprint density at radius 2 is 1.85 bits per heavy atom. The largest absolute Gasteiger partial charge is 0.380 e. The molecule has 1 aromatic carbocycles. The van der Waals surface area contributed by atoms with Gasteiger partial charge in [0.2, 0.25) is 0 Å². The lowest BCUT2D eigenvalue weighted by Gasteiger charge is -2.66. The van der Waals surface area contributed by atoms with Gasteiger partial charge in [0.1, 0.15) is 0 Å². The van der Waals surface area contributed by atoms with E-state index in [1.165, 1.54) is 51.9 Å². The van der Waals surface area contributed by atoms with Crippen LogP contribution in [0.25, 0.3) is 0 Å². The number of piperazine rings is 1. The summed E-state index contributed by atoms with van der Waals surface area (Å²) in [6.45, 7) is 20.0. The van der Waals surface area contributed by atoms with Crippen LogP contribution < -0.4 is 5.32 Å². The first-order chi connectivity index (χ1) is 15.8. The van der Waals surface area contributed by atoms with Crippen LogP contribution >= 0.6 is 0 Å². The quantitative estimate of drug-likeness (QED) is 0.689. The molecule has 33 heavy (non-hydrogen) atoms. The van der Waals surface area contributed by atoms with Gasteiger partial charge < -0.3 is 10.1 Å². The van der Waals surface area contributed by atoms with Crippen molar-refractivity contribution in [3.05, 3.63) is 35.4 Å². The fourth-order valence-corrected chi connectivity index (χ4v) is 8.13. The molecule has 0 aromatic heterocycles. The average molecular weight is 454 g/mol. The number of nitrogens with one attached hydrogen (secondary N) is 1. The Balaban J connectivity index is 1.47. The number of nitrogens with zero attached hydrogens (tertiary/aromatic N) is 2. The second-order valence-electron chi connectivity index (χ2n) is 12.8. The van der Waals surface area contributed by atoms with Gasteiger partial charge in [-0.15, -0.1) is 0 Å². The fraction of sp³-hybridized carbons (Fsp3) is 0.793. The molecule has 1 spiro atoms. The van der Waals surface area contributed by atoms with Crippen molar-refractivity contribution < 1.29 is 4.74 Å². The smallest absolute Gasteiger partial charge is 0.0622 e. The zero-order chi connectivity index (χ0) is 23.2. The highest BCUT2D eigenvalue weighted by Gasteiger charge is 2.60. The van der Waals surface area contributed by atoms with Gasteiger partial charge in [-0.1, -0.05) is 58.9 Å². The second-order valence-corrected chi connectivity index (χ2v) is 12.8. The van der Waals surface area contributed by atoms with E-state index in [0.29, 0.717) is 34.9 Å². The third-order valence-corrected chi connectivity index (χ3v) is 9.47. The third-order valence-electron chi connectivity index (χ3n) is 9.47. The minimum atomic E-state index is 0.346. The molecule has 4 nitrogen and oxygen atoms in total. The van der Waals surface area contributed by atoms with Crippen molar-refractivity contribution in [1.29, 1.82) is 0 Å². The third kappa shape index (κ3) is 4.42. The summed E-state index contributed by atoms with van der Waals surface area (Å²) in [7, 11) is 0. The number of ether oxygens (including phenoxy) is 1. The molecule has 1 aromatic rings. The molecule has 3 aliphatic heterocycles. The average Bonchev–Trinajstić information content (AvgIpc) is 3.32. The van der Waals surface area contributed by atoms with Gasteiger partial charge in [-0.25, -0.2) is 0 Å². The number of benzene rings is 1. The van der Waals surface area contributed by atoms with Gasteiger partial charge >= 0.3 is 0 Å². The molecule has 1 aliphatic carbocycles. The Morgan fingerprint density at radius 1 is 1.09 bits per heavy atom. The predicted molar refractivity (Wildman–Crippen MR) is 137 cm³/mol. The highest BCUT2D eigenvalue weighted by Crippen LogP contribution is 2.62. The van der Waals surface area contributed by atoms with E-state index in [1.54, 1.807) is 11.1 Å². The van der Waals surface area contributed by atoms with Gasteiger partial charge in [0.15, 0.2) is 0 Å². The molecule has 5 rings (SSSR count). The van der Waals surface area contributed by atoms with Crippen LogP contribution in [0.5, 0.6) is 0 Å². The Kier molecular flexibility index (Phi) is 6.67. The van der Waals surface area contributed by atoms with Crippen molar-refractivity contribution in [3.63, 3.8) is 0 Å². The summed E-state index contributed by atoms with van der Waals surface area (Å²) in [6, 6.07) is 11.1. The maximum atomic E-state index is 5.80. The molecular formula is C29H47N3O. The first-order valence-electron chi connectivity index (χ1n) is 13.7. The standard InChI is InChI=1S/C29H47N3O/c1-21(2)23-8-6-7-9-24(23)26-19-31(22-10-17-33-20-22)15-16-32(26)25-18-29(11-13-30-14-12-29)27(25)28(3,4)5/h6-9,21-22,25-27,30H,10-20H2,1-5H3. The molecule has 3 saturated heterocycles. The molecule has 4 heteroatoms. The van der Waals surface area contributed by atoms with Gasteiger partial charge in [-0.05, 0) is 72.6 Å². The molecule has 0 bridgehead atoms. The summed E-state index contributed by atoms with van der Waals surface area (Å²) < 4.78 is 5.80. The van der Waals surface area contributed by atoms with Crippen LogP contribution in [0.4, 0.5) is 0 Å². The van der Waals surface area contributed by atoms with E-state index in [9.17, 15) is 0 Å². The summed E-state index contributed by atoms with van der Waals surface area (Å²) in [5.41, 5.74) is 4.01. The molecule has 1 saturated carbocycles. The molecule has 4 unspecified atom stereocenters. The van der Waals surface area contributed by atoms with E-state index in [-0.39, 0.29) is 0 Å². The molecule has 184 valence electrons. The minimum Gasteiger partial charge on any atom is -0.380 e. The van der Waals surface area contributed by atoms with Crippen LogP contribution in [-0.4, -0.2) is 67.8 Å². The van der Waals surface area contributed by atoms with Crippen LogP contribution in [-0.2, 0) is 4.74 Å². The molecule has 0 radical (unpaired) electrons. The van der Waals surface area contributed by atoms with Crippen molar-refractivity contribution >= 4 is 0 Å². The monoisotopic (exact) mass is 453 g/mol. The Bertz CT molecular complexity index is 803. The van der Waals surface area contributed by atoms with Crippen LogP contribution in [0.1, 0.15) is 83.4 Å². The minimum absolute atomic E-state index is 0.346. The van der Waals surface area contributed by atoms with Crippen molar-refractivity contribution in [1.82, 2.24) is 15.1 Å². The number of piperidine rings is 1. The summed E-state index contributed by atoms with van der Waals surface area (Å²) in [6.07, 6.45) is 5.31. The first kappa shape index (κ1) is 23.8. The van der Waals surface area contributed by atoms with Crippen LogP contribution in [0.3, 0.4) is 0 Å². The normalized spacial score (nSPS) is 33.5. The fourth-order valence-electron chi connectivity index (χ4n) is 8.13. The lowest BCUT2D eigenvalue weighted by molar-refractivity contribution is -0.164. The summed E-state index contributed by atoms with van der Waals surface area (Å²) in [5, 5.41) is 3.63. The van der Waals surface area contributed by atoms with Crippen molar-refractivity contribution in [2.45, 2.75) is 84.3 Å². The summed E-state index contributed by atoms with van der Waals surface area (Å²) in [5.74, 6) is 1.34. The lowest BCUT2D eigenvalue weighted by atomic mass is 9.46. The second kappa shape index (κ2) is 9.26. The predicted octanol–water partition coefficient (Wildman–Crippen LogP) is 5.06. The van der Waals surface area contributed by atoms with E-state index in [0.717, 1.165) is 25.7 Å². The van der Waals surface area contributed by atoms with Gasteiger partial charge in [-0.3, -0.25) is 9.80 Å². The van der Waals surface area contributed by atoms with Crippen molar-refractivity contribution in [2.75, 3.05) is 45.9 Å². The summed E-state index contributed by atoms with van der Waals surface area (Å²) >= 11 is 0. The van der Waals surface area contributed by atoms with Crippen molar-refractivity contribution in [2.24, 2.45) is 16.7 Å². The van der Waals surface area contributed by atoms with Crippen LogP contribution in [0.2, 0.25) is 0 Å². The van der Waals surface area contributed by atoms with Gasteiger partial charge in [0.05, 0.1) is 6.61 Å². The zero-order valence-electron chi connectivity index (χ0n) is 21.8. The van der Waals surface area contributed by atoms with Gasteiger partial charge in [0.25, 0.3) is 0 Å². The Morgan fingerprint density at radius 3 is 2.52 bits per heavy atom. The zero-order valence-corrected chi connectivity index (χ0v) is 21.8. The number of hydrogen-bond donors (Lipinski definition) is 1. The Labute approximate surface area is 202 Å². The van der Waals surface area contributed by atoms with Crippen molar-refractivity contribution in [3.8, 4) is 0 Å². The molecule has 3 heterocycles. The topological polar surface area (TPSA) is 27.7 Å². The highest BCUT2D eigenvalue weighted by atomic mass is 16.5. The van der Waals surface area contributed by atoms with E-state index >= 15 is 0 Å². The SMILES string of the molecule is CC(C)c1ccccc1C1CN(C2CCOC2)CCN1C1CC2(CCNCC2)C1C(C)(C)C. The van der Waals surface area contributed by atoms with Gasteiger partial charge in [-0.2, -0.15) is 0 Å². The van der Waals surface area contributed by atoms with E-state index < -0.39 is 0 Å². The highest BCUT2D eigenvalue weighted by molar-refractivity contribution is 5.34. The van der Waals surface area contributed by atoms with E-state index in [2.05, 4.69) is 74.0 Å². The molecule has 1 N–H and O–H groups in total. The molecular weight excluding hydrogens is 406 g/mol. The molecule has 4 fully saturated rings. The van der Waals surface area contributed by atoms with Crippen LogP contribution in [0, 0.1) is 16.7 Å². The van der Waals surface area contributed by atoms with Gasteiger partial charge in [0, 0.05) is 44.4 Å². The molecule has 4 atom stereocenters. The molecule has 0 amide bonds. The first-order valence-corrected chi connectivity index (χ1v) is 13.7. The number of hydrogen-bond acceptors (Lipinski definition) is 4. The summed E-state index contributed by atoms with van der Waals surface area (Å²) in [4.78, 5) is 5.73. The van der Waals surface area contributed by atoms with Crippen LogP contribution in [0.15, 0.2) is 24.3 Å². The maximum absolute atomic E-state index is 5.80. The molecule has 4 aliphatic rings.